The average molecular weight is 606 g/mol. The van der Waals surface area contributed by atoms with Gasteiger partial charge >= 0.3 is 0 Å². The number of likely N-dealkylation sites (tertiary alicyclic amines) is 2. The minimum atomic E-state index is -0.879. The van der Waals surface area contributed by atoms with Crippen LogP contribution in [0.3, 0.4) is 0 Å². The topological polar surface area (TPSA) is 129 Å². The molecule has 0 unspecified atom stereocenters. The molecule has 0 bridgehead atoms. The molecule has 12 heteroatoms. The van der Waals surface area contributed by atoms with Crippen LogP contribution in [-0.2, 0) is 35.5 Å². The van der Waals surface area contributed by atoms with E-state index in [2.05, 4.69) is 15.5 Å². The third-order valence-corrected chi connectivity index (χ3v) is 9.51. The zero-order valence-electron chi connectivity index (χ0n) is 24.0. The van der Waals surface area contributed by atoms with Crippen LogP contribution in [0.15, 0.2) is 18.2 Å². The van der Waals surface area contributed by atoms with Gasteiger partial charge in [-0.25, -0.2) is 0 Å². The molecule has 3 amide bonds. The Morgan fingerprint density at radius 2 is 1.59 bits per heavy atom. The van der Waals surface area contributed by atoms with E-state index < -0.39 is 5.54 Å². The first kappa shape index (κ1) is 33.1. The molecule has 0 aromatic carbocycles. The maximum atomic E-state index is 12.5. The number of nitrogens with one attached hydrogen (secondary N) is 2. The molecule has 3 rings (SSSR count). The minimum Gasteiger partial charge on any atom is -0.353 e. The van der Waals surface area contributed by atoms with Gasteiger partial charge in [0.05, 0.1) is 23.5 Å². The van der Waals surface area contributed by atoms with E-state index in [0.29, 0.717) is 63.2 Å². The summed E-state index contributed by atoms with van der Waals surface area (Å²) in [4.78, 5) is 67.7. The Labute approximate surface area is 251 Å². The van der Waals surface area contributed by atoms with Crippen LogP contribution in [0.25, 0.3) is 0 Å². The molecule has 226 valence electrons. The van der Waals surface area contributed by atoms with Gasteiger partial charge in [0.2, 0.25) is 17.7 Å². The first-order valence-electron chi connectivity index (χ1n) is 14.5. The summed E-state index contributed by atoms with van der Waals surface area (Å²) in [7, 11) is 0. The summed E-state index contributed by atoms with van der Waals surface area (Å²) < 4.78 is 0. The van der Waals surface area contributed by atoms with Crippen molar-refractivity contribution in [2.75, 3.05) is 44.2 Å². The highest BCUT2D eigenvalue weighted by Crippen LogP contribution is 2.22. The third-order valence-electron chi connectivity index (χ3n) is 7.52. The molecule has 41 heavy (non-hydrogen) atoms. The zero-order chi connectivity index (χ0) is 29.5. The number of hydrogen-bond donors (Lipinski definition) is 2. The van der Waals surface area contributed by atoms with Crippen LogP contribution in [0.4, 0.5) is 0 Å². The van der Waals surface area contributed by atoms with E-state index >= 15 is 0 Å². The van der Waals surface area contributed by atoms with E-state index in [-0.39, 0.29) is 23.8 Å². The maximum absolute atomic E-state index is 12.5. The molecule has 2 fully saturated rings. The number of aromatic nitrogens is 1. The normalized spacial score (nSPS) is 17.5. The number of piperidine rings is 2. The number of aldehydes is 2. The standard InChI is InChI=1S/C29H43N5O5S2/c1-2-28(39)34-14-10-29(22-36,11-15-34)32-27(38)9-19-41-21-25-5-3-4-24(30-25)20-40-18-8-26(37)31-23-6-12-33(13-7-23)16-17-35/h3-5,17,22-23H,2,6-16,18-21H2,1H3,(H,31,37)(H,32,38). The van der Waals surface area contributed by atoms with Crippen LogP contribution < -0.4 is 10.6 Å². The van der Waals surface area contributed by atoms with E-state index in [0.717, 1.165) is 61.4 Å². The summed E-state index contributed by atoms with van der Waals surface area (Å²) in [5.74, 6) is 2.76. The first-order chi connectivity index (χ1) is 19.9. The Hall–Kier alpha value is -2.44. The molecule has 0 aliphatic carbocycles. The SMILES string of the molecule is CCC(=O)N1CCC(C=O)(NC(=O)CCSCc2cccc(CSCCC(=O)NC3CCN(CC=O)CC3)n2)CC1. The van der Waals surface area contributed by atoms with Crippen LogP contribution >= 0.6 is 23.5 Å². The number of hydrogen-bond acceptors (Lipinski definition) is 9. The van der Waals surface area contributed by atoms with Crippen molar-refractivity contribution in [1.29, 1.82) is 0 Å². The molecule has 2 aliphatic heterocycles. The first-order valence-corrected chi connectivity index (χ1v) is 16.8. The molecule has 1 aromatic heterocycles. The highest BCUT2D eigenvalue weighted by molar-refractivity contribution is 7.98. The maximum Gasteiger partial charge on any atom is 0.222 e. The molecule has 0 radical (unpaired) electrons. The summed E-state index contributed by atoms with van der Waals surface area (Å²) in [6.07, 6.45) is 5.64. The van der Waals surface area contributed by atoms with E-state index in [1.165, 1.54) is 0 Å². The molecule has 0 atom stereocenters. The van der Waals surface area contributed by atoms with Gasteiger partial charge < -0.3 is 25.1 Å². The van der Waals surface area contributed by atoms with Crippen molar-refractivity contribution in [3.63, 3.8) is 0 Å². The van der Waals surface area contributed by atoms with E-state index in [4.69, 9.17) is 4.98 Å². The predicted octanol–water partition coefficient (Wildman–Crippen LogP) is 2.19. The lowest BCUT2D eigenvalue weighted by atomic mass is 9.88. The minimum absolute atomic E-state index is 0.0737. The number of rotatable bonds is 16. The van der Waals surface area contributed by atoms with Crippen LogP contribution in [0, 0.1) is 0 Å². The molecular weight excluding hydrogens is 562 g/mol. The number of carbonyl (C=O) groups excluding carboxylic acids is 5. The lowest BCUT2D eigenvalue weighted by Crippen LogP contribution is -2.57. The zero-order valence-corrected chi connectivity index (χ0v) is 25.6. The summed E-state index contributed by atoms with van der Waals surface area (Å²) in [5.41, 5.74) is 1.04. The van der Waals surface area contributed by atoms with Gasteiger partial charge in [-0.15, -0.1) is 0 Å². The monoisotopic (exact) mass is 605 g/mol. The third kappa shape index (κ3) is 11.4. The smallest absolute Gasteiger partial charge is 0.222 e. The molecule has 0 spiro atoms. The molecule has 1 aromatic rings. The van der Waals surface area contributed by atoms with Gasteiger partial charge in [-0.05, 0) is 37.8 Å². The number of thioether (sulfide) groups is 2. The highest BCUT2D eigenvalue weighted by atomic mass is 32.2. The van der Waals surface area contributed by atoms with Crippen LogP contribution in [0.2, 0.25) is 0 Å². The second kappa shape index (κ2) is 17.5. The summed E-state index contributed by atoms with van der Waals surface area (Å²) in [6, 6.07) is 6.14. The van der Waals surface area contributed by atoms with Gasteiger partial charge in [-0.3, -0.25) is 24.3 Å². The van der Waals surface area contributed by atoms with Crippen molar-refractivity contribution in [3.05, 3.63) is 29.6 Å². The summed E-state index contributed by atoms with van der Waals surface area (Å²) >= 11 is 3.31. The number of amides is 3. The quantitative estimate of drug-likeness (QED) is 0.215. The van der Waals surface area contributed by atoms with Crippen LogP contribution in [0.5, 0.6) is 0 Å². The number of carbonyl (C=O) groups is 5. The molecule has 2 saturated heterocycles. The lowest BCUT2D eigenvalue weighted by Gasteiger charge is -2.38. The van der Waals surface area contributed by atoms with E-state index in [9.17, 15) is 24.0 Å². The van der Waals surface area contributed by atoms with Crippen LogP contribution in [0.1, 0.15) is 63.3 Å². The molecule has 10 nitrogen and oxygen atoms in total. The van der Waals surface area contributed by atoms with Crippen molar-refractivity contribution >= 4 is 53.8 Å². The second-order valence-electron chi connectivity index (χ2n) is 10.6. The van der Waals surface area contributed by atoms with Gasteiger partial charge in [0.25, 0.3) is 0 Å². The molecule has 0 saturated carbocycles. The summed E-state index contributed by atoms with van der Waals surface area (Å²) in [6.45, 7) is 4.94. The van der Waals surface area contributed by atoms with Crippen molar-refractivity contribution in [2.45, 2.75) is 75.0 Å². The predicted molar refractivity (Wildman–Crippen MR) is 163 cm³/mol. The van der Waals surface area contributed by atoms with Gasteiger partial charge in [0.1, 0.15) is 12.6 Å². The second-order valence-corrected chi connectivity index (χ2v) is 12.8. The summed E-state index contributed by atoms with van der Waals surface area (Å²) in [5, 5.41) is 6.03. The Morgan fingerprint density at radius 1 is 0.976 bits per heavy atom. The Bertz CT molecular complexity index is 1030. The van der Waals surface area contributed by atoms with Gasteiger partial charge in [-0.2, -0.15) is 23.5 Å². The van der Waals surface area contributed by atoms with Gasteiger partial charge in [-0.1, -0.05) is 13.0 Å². The van der Waals surface area contributed by atoms with Crippen molar-refractivity contribution in [3.8, 4) is 0 Å². The highest BCUT2D eigenvalue weighted by Gasteiger charge is 2.36. The Kier molecular flexibility index (Phi) is 14.1. The van der Waals surface area contributed by atoms with Crippen molar-refractivity contribution in [1.82, 2.24) is 25.4 Å². The van der Waals surface area contributed by atoms with E-state index in [1.54, 1.807) is 28.4 Å². The average Bonchev–Trinajstić information content (AvgIpc) is 2.99. The van der Waals surface area contributed by atoms with Crippen molar-refractivity contribution < 1.29 is 24.0 Å². The Balaban J connectivity index is 1.28. The molecule has 2 aliphatic rings. The lowest BCUT2D eigenvalue weighted by molar-refractivity contribution is -0.135. The fourth-order valence-electron chi connectivity index (χ4n) is 5.03. The van der Waals surface area contributed by atoms with E-state index in [1.807, 2.05) is 25.1 Å². The fourth-order valence-corrected chi connectivity index (χ4v) is 6.72. The number of nitrogens with zero attached hydrogens (tertiary/aromatic N) is 3. The van der Waals surface area contributed by atoms with Crippen LogP contribution in [-0.4, -0.2) is 101 Å². The Morgan fingerprint density at radius 3 is 2.15 bits per heavy atom. The largest absolute Gasteiger partial charge is 0.353 e. The molecule has 2 N–H and O–H groups in total. The number of pyridine rings is 1. The molecule has 3 heterocycles. The van der Waals surface area contributed by atoms with Gasteiger partial charge in [0.15, 0.2) is 0 Å². The fraction of sp³-hybridized carbons (Fsp3) is 0.655. The van der Waals surface area contributed by atoms with Gasteiger partial charge in [0, 0.05) is 74.5 Å². The van der Waals surface area contributed by atoms with Crippen molar-refractivity contribution in [2.24, 2.45) is 0 Å². The molecular formula is C29H43N5O5S2.